The number of halogens is 2. The quantitative estimate of drug-likeness (QED) is 0.189. The van der Waals surface area contributed by atoms with Gasteiger partial charge in [-0.1, -0.05) is 55.5 Å². The van der Waals surface area contributed by atoms with E-state index < -0.39 is 46.1 Å². The van der Waals surface area contributed by atoms with Crippen molar-refractivity contribution in [3.05, 3.63) is 126 Å². The second-order valence-electron chi connectivity index (χ2n) is 10.8. The van der Waals surface area contributed by atoms with Crippen LogP contribution in [0.4, 0.5) is 14.5 Å². The second kappa shape index (κ2) is 15.5. The van der Waals surface area contributed by atoms with Gasteiger partial charge in [0, 0.05) is 24.6 Å². The molecule has 0 saturated heterocycles. The first-order chi connectivity index (χ1) is 22.0. The van der Waals surface area contributed by atoms with Gasteiger partial charge >= 0.3 is 0 Å². The van der Waals surface area contributed by atoms with Crippen molar-refractivity contribution in [2.75, 3.05) is 18.0 Å². The van der Waals surface area contributed by atoms with Crippen molar-refractivity contribution < 1.29 is 31.5 Å². The molecule has 2 amide bonds. The topological polar surface area (TPSA) is 96.0 Å². The highest BCUT2D eigenvalue weighted by Gasteiger charge is 2.35. The van der Waals surface area contributed by atoms with Gasteiger partial charge in [-0.15, -0.1) is 0 Å². The van der Waals surface area contributed by atoms with E-state index in [9.17, 15) is 22.4 Å². The summed E-state index contributed by atoms with van der Waals surface area (Å²) >= 11 is 0. The van der Waals surface area contributed by atoms with Crippen molar-refractivity contribution in [2.45, 2.75) is 50.2 Å². The molecule has 2 atom stereocenters. The number of amides is 2. The lowest BCUT2D eigenvalue weighted by molar-refractivity contribution is -0.140. The summed E-state index contributed by atoms with van der Waals surface area (Å²) in [4.78, 5) is 29.3. The van der Waals surface area contributed by atoms with Gasteiger partial charge in [0.15, 0.2) is 0 Å². The molecule has 0 radical (unpaired) electrons. The molecule has 8 nitrogen and oxygen atoms in total. The molecule has 0 spiro atoms. The van der Waals surface area contributed by atoms with Gasteiger partial charge in [-0.05, 0) is 73.5 Å². The first-order valence-corrected chi connectivity index (χ1v) is 16.3. The molecular weight excluding hydrogens is 612 g/mol. The van der Waals surface area contributed by atoms with Crippen molar-refractivity contribution in [2.24, 2.45) is 0 Å². The van der Waals surface area contributed by atoms with E-state index in [1.54, 1.807) is 18.2 Å². The van der Waals surface area contributed by atoms with Gasteiger partial charge in [-0.3, -0.25) is 13.9 Å². The van der Waals surface area contributed by atoms with E-state index in [4.69, 9.17) is 4.74 Å². The average molecular weight is 650 g/mol. The van der Waals surface area contributed by atoms with Crippen LogP contribution in [-0.2, 0) is 32.6 Å². The van der Waals surface area contributed by atoms with E-state index in [-0.39, 0.29) is 35.2 Å². The fourth-order valence-electron chi connectivity index (χ4n) is 4.82. The molecule has 0 unspecified atom stereocenters. The number of carbonyl (C=O) groups is 2. The number of nitrogens with one attached hydrogen (secondary N) is 1. The Hall–Kier alpha value is -4.77. The standard InChI is InChI=1S/C35H37F2N3O5S/c1-4-25(2)38-35(42)33(22-26-10-6-5-7-11-26)39(23-27-12-8-9-13-32(27)37)34(41)24-40(29-16-14-28(36)15-17-29)46(43,44)31-20-18-30(45-3)19-21-31/h5-21,25,33H,4,22-24H2,1-3H3,(H,38,42)/t25-,33-/m1/s1. The number of sulfonamides is 1. The maximum Gasteiger partial charge on any atom is 0.264 e. The second-order valence-corrected chi connectivity index (χ2v) is 12.7. The zero-order valence-corrected chi connectivity index (χ0v) is 26.7. The molecule has 46 heavy (non-hydrogen) atoms. The van der Waals surface area contributed by atoms with E-state index in [2.05, 4.69) is 5.32 Å². The van der Waals surface area contributed by atoms with Crippen molar-refractivity contribution in [1.29, 1.82) is 0 Å². The van der Waals surface area contributed by atoms with Crippen LogP contribution in [0.25, 0.3) is 0 Å². The molecule has 11 heteroatoms. The van der Waals surface area contributed by atoms with E-state index in [0.29, 0.717) is 12.2 Å². The Balaban J connectivity index is 1.81. The van der Waals surface area contributed by atoms with Crippen LogP contribution >= 0.6 is 0 Å². The van der Waals surface area contributed by atoms with E-state index in [1.165, 1.54) is 66.6 Å². The number of carbonyl (C=O) groups excluding carboxylic acids is 2. The van der Waals surface area contributed by atoms with Gasteiger partial charge in [-0.25, -0.2) is 17.2 Å². The summed E-state index contributed by atoms with van der Waals surface area (Å²) in [5, 5.41) is 2.93. The molecule has 4 rings (SSSR count). The van der Waals surface area contributed by atoms with E-state index in [0.717, 1.165) is 22.0 Å². The predicted molar refractivity (Wildman–Crippen MR) is 173 cm³/mol. The number of rotatable bonds is 14. The highest BCUT2D eigenvalue weighted by Crippen LogP contribution is 2.27. The molecule has 4 aromatic rings. The Labute approximate surface area is 268 Å². The molecule has 0 fully saturated rings. The molecule has 0 aliphatic carbocycles. The summed E-state index contributed by atoms with van der Waals surface area (Å²) in [6.45, 7) is 2.68. The molecule has 4 aromatic carbocycles. The summed E-state index contributed by atoms with van der Waals surface area (Å²) in [5.41, 5.74) is 0.927. The number of ether oxygens (including phenoxy) is 1. The van der Waals surface area contributed by atoms with Gasteiger partial charge in [0.1, 0.15) is 30.0 Å². The highest BCUT2D eigenvalue weighted by molar-refractivity contribution is 7.92. The Morgan fingerprint density at radius 2 is 1.50 bits per heavy atom. The Kier molecular flexibility index (Phi) is 11.5. The average Bonchev–Trinajstić information content (AvgIpc) is 3.06. The first kappa shape index (κ1) is 34.1. The van der Waals surface area contributed by atoms with Crippen LogP contribution in [0.3, 0.4) is 0 Å². The van der Waals surface area contributed by atoms with E-state index in [1.807, 2.05) is 32.0 Å². The van der Waals surface area contributed by atoms with Crippen LogP contribution in [0.5, 0.6) is 5.75 Å². The minimum Gasteiger partial charge on any atom is -0.497 e. The molecule has 0 aliphatic rings. The largest absolute Gasteiger partial charge is 0.497 e. The minimum absolute atomic E-state index is 0.0278. The Morgan fingerprint density at radius 3 is 2.11 bits per heavy atom. The number of nitrogens with zero attached hydrogens (tertiary/aromatic N) is 2. The van der Waals surface area contributed by atoms with Crippen LogP contribution in [0, 0.1) is 11.6 Å². The molecule has 0 heterocycles. The minimum atomic E-state index is -4.40. The van der Waals surface area contributed by atoms with Gasteiger partial charge in [0.2, 0.25) is 11.8 Å². The third kappa shape index (κ3) is 8.48. The zero-order valence-electron chi connectivity index (χ0n) is 25.9. The highest BCUT2D eigenvalue weighted by atomic mass is 32.2. The summed E-state index contributed by atoms with van der Waals surface area (Å²) in [5.74, 6) is -1.97. The van der Waals surface area contributed by atoms with Crippen molar-refractivity contribution >= 4 is 27.5 Å². The van der Waals surface area contributed by atoms with Gasteiger partial charge in [0.05, 0.1) is 17.7 Å². The smallest absolute Gasteiger partial charge is 0.264 e. The Bertz CT molecular complexity index is 1720. The van der Waals surface area contributed by atoms with Gasteiger partial charge < -0.3 is 15.0 Å². The van der Waals surface area contributed by atoms with Crippen LogP contribution in [0.1, 0.15) is 31.4 Å². The lowest BCUT2D eigenvalue weighted by Crippen LogP contribution is -2.54. The van der Waals surface area contributed by atoms with Crippen molar-refractivity contribution in [3.63, 3.8) is 0 Å². The third-order valence-corrected chi connectivity index (χ3v) is 9.40. The Morgan fingerprint density at radius 1 is 0.870 bits per heavy atom. The first-order valence-electron chi connectivity index (χ1n) is 14.8. The monoisotopic (exact) mass is 649 g/mol. The fourth-order valence-corrected chi connectivity index (χ4v) is 6.23. The van der Waals surface area contributed by atoms with Gasteiger partial charge in [0.25, 0.3) is 10.0 Å². The molecular formula is C35H37F2N3O5S. The SMILES string of the molecule is CC[C@@H](C)NC(=O)[C@@H](Cc1ccccc1)N(Cc1ccccc1F)C(=O)CN(c1ccc(F)cc1)S(=O)(=O)c1ccc(OC)cc1. The maximum absolute atomic E-state index is 15.0. The van der Waals surface area contributed by atoms with Crippen molar-refractivity contribution in [1.82, 2.24) is 10.2 Å². The van der Waals surface area contributed by atoms with Gasteiger partial charge in [-0.2, -0.15) is 0 Å². The molecule has 0 bridgehead atoms. The lowest BCUT2D eigenvalue weighted by Gasteiger charge is -2.34. The van der Waals surface area contributed by atoms with E-state index >= 15 is 4.39 Å². The summed E-state index contributed by atoms with van der Waals surface area (Å²) in [7, 11) is -2.95. The zero-order chi connectivity index (χ0) is 33.3. The number of methoxy groups -OCH3 is 1. The predicted octanol–water partition coefficient (Wildman–Crippen LogP) is 5.72. The summed E-state index contributed by atoms with van der Waals surface area (Å²) in [6.07, 6.45) is 0.717. The van der Waals surface area contributed by atoms with Crippen LogP contribution < -0.4 is 14.4 Å². The molecule has 1 N–H and O–H groups in total. The number of benzene rings is 4. The molecule has 0 aliphatic heterocycles. The van der Waals surface area contributed by atoms with Crippen LogP contribution in [-0.4, -0.2) is 50.9 Å². The third-order valence-electron chi connectivity index (χ3n) is 7.61. The molecule has 242 valence electrons. The summed E-state index contributed by atoms with van der Waals surface area (Å²) in [6, 6.07) is 23.9. The molecule has 0 saturated carbocycles. The lowest BCUT2D eigenvalue weighted by atomic mass is 10.0. The fraction of sp³-hybridized carbons (Fsp3) is 0.257. The normalized spacial score (nSPS) is 12.5. The number of hydrogen-bond donors (Lipinski definition) is 1. The maximum atomic E-state index is 15.0. The summed E-state index contributed by atoms with van der Waals surface area (Å²) < 4.78 is 63.0. The molecule has 0 aromatic heterocycles. The number of anilines is 1. The van der Waals surface area contributed by atoms with Crippen LogP contribution in [0.15, 0.2) is 108 Å². The number of hydrogen-bond acceptors (Lipinski definition) is 5. The van der Waals surface area contributed by atoms with Crippen LogP contribution in [0.2, 0.25) is 0 Å². The van der Waals surface area contributed by atoms with Crippen molar-refractivity contribution in [3.8, 4) is 5.75 Å².